The van der Waals surface area contributed by atoms with Crippen LogP contribution < -0.4 is 5.32 Å². The van der Waals surface area contributed by atoms with Crippen molar-refractivity contribution in [1.29, 1.82) is 0 Å². The molecule has 0 bridgehead atoms. The van der Waals surface area contributed by atoms with Gasteiger partial charge in [0.05, 0.1) is 0 Å². The van der Waals surface area contributed by atoms with Gasteiger partial charge in [0.2, 0.25) is 0 Å². The molecule has 0 radical (unpaired) electrons. The predicted octanol–water partition coefficient (Wildman–Crippen LogP) is 4.88. The second kappa shape index (κ2) is 7.44. The van der Waals surface area contributed by atoms with Crippen molar-refractivity contribution in [3.63, 3.8) is 0 Å². The molecule has 1 heterocycles. The van der Waals surface area contributed by atoms with Crippen molar-refractivity contribution in [3.05, 3.63) is 22.4 Å². The summed E-state index contributed by atoms with van der Waals surface area (Å²) in [7, 11) is 0. The highest BCUT2D eigenvalue weighted by Gasteiger charge is 2.32. The topological polar surface area (TPSA) is 12.0 Å². The largest absolute Gasteiger partial charge is 0.316 e. The van der Waals surface area contributed by atoms with Gasteiger partial charge in [-0.1, -0.05) is 32.8 Å². The van der Waals surface area contributed by atoms with Crippen LogP contribution in [0.3, 0.4) is 0 Å². The van der Waals surface area contributed by atoms with Crippen LogP contribution in [0.1, 0.15) is 57.2 Å². The fourth-order valence-corrected chi connectivity index (χ4v) is 4.05. The van der Waals surface area contributed by atoms with Crippen molar-refractivity contribution in [3.8, 4) is 0 Å². The van der Waals surface area contributed by atoms with E-state index in [4.69, 9.17) is 0 Å². The van der Waals surface area contributed by atoms with Gasteiger partial charge in [0.15, 0.2) is 0 Å². The summed E-state index contributed by atoms with van der Waals surface area (Å²) < 4.78 is 0. The minimum absolute atomic E-state index is 0.647. The maximum absolute atomic E-state index is 3.63. The molecule has 19 heavy (non-hydrogen) atoms. The van der Waals surface area contributed by atoms with Crippen LogP contribution >= 0.6 is 11.3 Å². The molecule has 1 aliphatic carbocycles. The van der Waals surface area contributed by atoms with E-state index in [0.717, 1.165) is 5.92 Å². The van der Waals surface area contributed by atoms with Gasteiger partial charge in [0.1, 0.15) is 0 Å². The van der Waals surface area contributed by atoms with E-state index >= 15 is 0 Å². The molecular formula is C17H29NS. The third kappa shape index (κ3) is 4.92. The molecule has 0 aromatic carbocycles. The van der Waals surface area contributed by atoms with Crippen molar-refractivity contribution in [1.82, 2.24) is 5.32 Å². The van der Waals surface area contributed by atoms with E-state index in [1.165, 1.54) is 58.0 Å². The smallest absolute Gasteiger partial charge is 0.00454 e. The van der Waals surface area contributed by atoms with Gasteiger partial charge in [-0.05, 0) is 68.0 Å². The summed E-state index contributed by atoms with van der Waals surface area (Å²) in [6, 6.07) is 4.48. The third-order valence-electron chi connectivity index (χ3n) is 4.53. The predicted molar refractivity (Wildman–Crippen MR) is 85.9 cm³/mol. The lowest BCUT2D eigenvalue weighted by molar-refractivity contribution is 0.244. The van der Waals surface area contributed by atoms with E-state index in [9.17, 15) is 0 Å². The van der Waals surface area contributed by atoms with Crippen LogP contribution in [-0.4, -0.2) is 13.1 Å². The van der Waals surface area contributed by atoms with E-state index in [0.29, 0.717) is 5.41 Å². The average molecular weight is 279 g/mol. The number of hydrogen-bond acceptors (Lipinski definition) is 2. The lowest BCUT2D eigenvalue weighted by Crippen LogP contribution is -2.27. The lowest BCUT2D eigenvalue weighted by atomic mass is 9.78. The van der Waals surface area contributed by atoms with Crippen LogP contribution in [-0.2, 0) is 6.42 Å². The molecule has 2 heteroatoms. The zero-order valence-corrected chi connectivity index (χ0v) is 13.4. The van der Waals surface area contributed by atoms with Gasteiger partial charge in [-0.3, -0.25) is 0 Å². The quantitative estimate of drug-likeness (QED) is 0.669. The Morgan fingerprint density at radius 3 is 2.68 bits per heavy atom. The van der Waals surface area contributed by atoms with Crippen molar-refractivity contribution < 1.29 is 0 Å². The first-order valence-corrected chi connectivity index (χ1v) is 8.81. The highest BCUT2D eigenvalue weighted by atomic mass is 32.1. The summed E-state index contributed by atoms with van der Waals surface area (Å²) in [5, 5.41) is 5.84. The zero-order valence-electron chi connectivity index (χ0n) is 12.6. The molecule has 0 saturated heterocycles. The molecule has 0 amide bonds. The van der Waals surface area contributed by atoms with Crippen molar-refractivity contribution >= 4 is 11.3 Å². The molecule has 0 unspecified atom stereocenters. The highest BCUT2D eigenvalue weighted by Crippen LogP contribution is 2.44. The normalized spacial score (nSPS) is 18.3. The van der Waals surface area contributed by atoms with Crippen LogP contribution in [0, 0.1) is 11.3 Å². The Kier molecular flexibility index (Phi) is 5.90. The SMILES string of the molecule is CC(C)CNCCC1(CCc2cccs2)CCCC1. The highest BCUT2D eigenvalue weighted by molar-refractivity contribution is 7.09. The van der Waals surface area contributed by atoms with Crippen LogP contribution in [0.4, 0.5) is 0 Å². The second-order valence-electron chi connectivity index (χ2n) is 6.63. The number of rotatable bonds is 8. The molecule has 1 N–H and O–H groups in total. The lowest BCUT2D eigenvalue weighted by Gasteiger charge is -2.29. The summed E-state index contributed by atoms with van der Waals surface area (Å²) in [4.78, 5) is 1.57. The molecule has 108 valence electrons. The zero-order chi connectivity index (χ0) is 13.6. The molecule has 1 nitrogen and oxygen atoms in total. The molecule has 2 rings (SSSR count). The van der Waals surface area contributed by atoms with Gasteiger partial charge in [-0.25, -0.2) is 0 Å². The molecular weight excluding hydrogens is 250 g/mol. The minimum Gasteiger partial charge on any atom is -0.316 e. The standard InChI is InChI=1S/C17H29NS/c1-15(2)14-18-12-11-17(8-3-4-9-17)10-7-16-6-5-13-19-16/h5-6,13,15,18H,3-4,7-12,14H2,1-2H3. The molecule has 1 aromatic rings. The first-order valence-electron chi connectivity index (χ1n) is 7.93. The molecule has 0 aliphatic heterocycles. The number of thiophene rings is 1. The fourth-order valence-electron chi connectivity index (χ4n) is 3.34. The van der Waals surface area contributed by atoms with Crippen molar-refractivity contribution in [2.24, 2.45) is 11.3 Å². The summed E-state index contributed by atoms with van der Waals surface area (Å²) in [5.41, 5.74) is 0.647. The summed E-state index contributed by atoms with van der Waals surface area (Å²) in [6.07, 6.45) is 9.90. The Labute approximate surface area is 122 Å². The van der Waals surface area contributed by atoms with Crippen LogP contribution in [0.2, 0.25) is 0 Å². The summed E-state index contributed by atoms with van der Waals surface area (Å²) in [6.45, 7) is 6.95. The number of nitrogens with one attached hydrogen (secondary N) is 1. The first-order chi connectivity index (χ1) is 9.20. The van der Waals surface area contributed by atoms with E-state index in [1.807, 2.05) is 11.3 Å². The van der Waals surface area contributed by atoms with Gasteiger partial charge < -0.3 is 5.32 Å². The van der Waals surface area contributed by atoms with Gasteiger partial charge in [0, 0.05) is 4.88 Å². The molecule has 0 atom stereocenters. The monoisotopic (exact) mass is 279 g/mol. The number of aryl methyl sites for hydroxylation is 1. The Morgan fingerprint density at radius 2 is 2.05 bits per heavy atom. The van der Waals surface area contributed by atoms with Gasteiger partial charge in [0.25, 0.3) is 0 Å². The fraction of sp³-hybridized carbons (Fsp3) is 0.765. The van der Waals surface area contributed by atoms with Crippen LogP contribution in [0.25, 0.3) is 0 Å². The van der Waals surface area contributed by atoms with Gasteiger partial charge >= 0.3 is 0 Å². The maximum Gasteiger partial charge on any atom is 0.00454 e. The first kappa shape index (κ1) is 15.1. The molecule has 0 spiro atoms. The van der Waals surface area contributed by atoms with E-state index in [1.54, 1.807) is 4.88 Å². The summed E-state index contributed by atoms with van der Waals surface area (Å²) >= 11 is 1.92. The Balaban J connectivity index is 1.76. The van der Waals surface area contributed by atoms with Gasteiger partial charge in [-0.15, -0.1) is 11.3 Å². The van der Waals surface area contributed by atoms with E-state index in [2.05, 4.69) is 36.7 Å². The Bertz CT molecular complexity index is 336. The van der Waals surface area contributed by atoms with E-state index in [-0.39, 0.29) is 0 Å². The van der Waals surface area contributed by atoms with Crippen molar-refractivity contribution in [2.75, 3.05) is 13.1 Å². The number of hydrogen-bond donors (Lipinski definition) is 1. The molecule has 1 aromatic heterocycles. The van der Waals surface area contributed by atoms with Crippen LogP contribution in [0.5, 0.6) is 0 Å². The molecule has 1 saturated carbocycles. The Morgan fingerprint density at radius 1 is 1.26 bits per heavy atom. The third-order valence-corrected chi connectivity index (χ3v) is 5.47. The second-order valence-corrected chi connectivity index (χ2v) is 7.67. The maximum atomic E-state index is 3.63. The Hall–Kier alpha value is -0.340. The molecule has 1 aliphatic rings. The van der Waals surface area contributed by atoms with E-state index < -0.39 is 0 Å². The summed E-state index contributed by atoms with van der Waals surface area (Å²) in [5.74, 6) is 0.769. The van der Waals surface area contributed by atoms with Crippen LogP contribution in [0.15, 0.2) is 17.5 Å². The average Bonchev–Trinajstić information content (AvgIpc) is 3.04. The minimum atomic E-state index is 0.647. The molecule has 1 fully saturated rings. The van der Waals surface area contributed by atoms with Crippen molar-refractivity contribution in [2.45, 2.75) is 58.8 Å². The van der Waals surface area contributed by atoms with Gasteiger partial charge in [-0.2, -0.15) is 0 Å².